The van der Waals surface area contributed by atoms with E-state index >= 15 is 0 Å². The molecule has 1 aromatic heterocycles. The van der Waals surface area contributed by atoms with Crippen LogP contribution in [0.2, 0.25) is 5.02 Å². The van der Waals surface area contributed by atoms with Crippen molar-refractivity contribution in [2.24, 2.45) is 0 Å². The SMILES string of the molecule is Clc1cccc2ccc(NC3CC3)nc12. The van der Waals surface area contributed by atoms with Gasteiger partial charge in [0, 0.05) is 11.4 Å². The second kappa shape index (κ2) is 3.38. The summed E-state index contributed by atoms with van der Waals surface area (Å²) in [5, 5.41) is 5.17. The fraction of sp³-hybridized carbons (Fsp3) is 0.250. The van der Waals surface area contributed by atoms with E-state index < -0.39 is 0 Å². The Morgan fingerprint density at radius 1 is 1.20 bits per heavy atom. The Morgan fingerprint density at radius 2 is 2.07 bits per heavy atom. The molecule has 1 aliphatic rings. The Labute approximate surface area is 93.3 Å². The van der Waals surface area contributed by atoms with E-state index in [0.717, 1.165) is 16.7 Å². The highest BCUT2D eigenvalue weighted by molar-refractivity contribution is 6.35. The number of rotatable bonds is 2. The number of hydrogen-bond acceptors (Lipinski definition) is 2. The van der Waals surface area contributed by atoms with E-state index in [1.807, 2.05) is 24.3 Å². The van der Waals surface area contributed by atoms with Crippen molar-refractivity contribution in [2.45, 2.75) is 18.9 Å². The highest BCUT2D eigenvalue weighted by Gasteiger charge is 2.21. The van der Waals surface area contributed by atoms with Crippen LogP contribution >= 0.6 is 11.6 Å². The van der Waals surface area contributed by atoms with Gasteiger partial charge in [-0.1, -0.05) is 23.7 Å². The van der Waals surface area contributed by atoms with Crippen LogP contribution in [0, 0.1) is 0 Å². The fourth-order valence-electron chi connectivity index (χ4n) is 1.63. The van der Waals surface area contributed by atoms with Crippen molar-refractivity contribution in [3.05, 3.63) is 35.4 Å². The van der Waals surface area contributed by atoms with Gasteiger partial charge in [-0.05, 0) is 31.0 Å². The van der Waals surface area contributed by atoms with Gasteiger partial charge < -0.3 is 5.32 Å². The second-order valence-electron chi connectivity index (χ2n) is 3.93. The van der Waals surface area contributed by atoms with Gasteiger partial charge in [-0.15, -0.1) is 0 Å². The highest BCUT2D eigenvalue weighted by Crippen LogP contribution is 2.27. The highest BCUT2D eigenvalue weighted by atomic mass is 35.5. The molecule has 15 heavy (non-hydrogen) atoms. The van der Waals surface area contributed by atoms with Gasteiger partial charge in [0.05, 0.1) is 10.5 Å². The van der Waals surface area contributed by atoms with Crippen molar-refractivity contribution in [1.29, 1.82) is 0 Å². The zero-order valence-corrected chi connectivity index (χ0v) is 8.96. The first-order chi connectivity index (χ1) is 7.33. The standard InChI is InChI=1S/C12H11ClN2/c13-10-3-1-2-8-4-7-11(15-12(8)10)14-9-5-6-9/h1-4,7,9H,5-6H2,(H,14,15). The lowest BCUT2D eigenvalue weighted by Crippen LogP contribution is -2.02. The van der Waals surface area contributed by atoms with E-state index in [4.69, 9.17) is 11.6 Å². The smallest absolute Gasteiger partial charge is 0.126 e. The maximum Gasteiger partial charge on any atom is 0.126 e. The van der Waals surface area contributed by atoms with E-state index in [1.165, 1.54) is 12.8 Å². The van der Waals surface area contributed by atoms with Crippen LogP contribution in [-0.2, 0) is 0 Å². The molecule has 1 aliphatic carbocycles. The molecule has 76 valence electrons. The normalized spacial score (nSPS) is 15.5. The maximum absolute atomic E-state index is 6.09. The molecule has 1 heterocycles. The third-order valence-corrected chi connectivity index (χ3v) is 2.91. The van der Waals surface area contributed by atoms with Gasteiger partial charge in [-0.3, -0.25) is 0 Å². The largest absolute Gasteiger partial charge is 0.367 e. The van der Waals surface area contributed by atoms with Crippen molar-refractivity contribution in [1.82, 2.24) is 4.98 Å². The van der Waals surface area contributed by atoms with Gasteiger partial charge in [0.1, 0.15) is 5.82 Å². The number of nitrogens with zero attached hydrogens (tertiary/aromatic N) is 1. The van der Waals surface area contributed by atoms with Crippen LogP contribution in [0.3, 0.4) is 0 Å². The zero-order valence-electron chi connectivity index (χ0n) is 8.20. The summed E-state index contributed by atoms with van der Waals surface area (Å²) in [6, 6.07) is 10.5. The monoisotopic (exact) mass is 218 g/mol. The Kier molecular flexibility index (Phi) is 2.03. The summed E-state index contributed by atoms with van der Waals surface area (Å²) in [5.41, 5.74) is 0.879. The summed E-state index contributed by atoms with van der Waals surface area (Å²) < 4.78 is 0. The summed E-state index contributed by atoms with van der Waals surface area (Å²) in [7, 11) is 0. The fourth-order valence-corrected chi connectivity index (χ4v) is 1.85. The van der Waals surface area contributed by atoms with Crippen LogP contribution in [-0.4, -0.2) is 11.0 Å². The topological polar surface area (TPSA) is 24.9 Å². The lowest BCUT2D eigenvalue weighted by molar-refractivity contribution is 1.12. The summed E-state index contributed by atoms with van der Waals surface area (Å²) >= 11 is 6.09. The number of anilines is 1. The van der Waals surface area contributed by atoms with Crippen molar-refractivity contribution in [2.75, 3.05) is 5.32 Å². The molecular weight excluding hydrogens is 208 g/mol. The third kappa shape index (κ3) is 1.77. The average Bonchev–Trinajstić information content (AvgIpc) is 3.03. The second-order valence-corrected chi connectivity index (χ2v) is 4.33. The molecule has 1 saturated carbocycles. The van der Waals surface area contributed by atoms with Gasteiger partial charge in [-0.25, -0.2) is 4.98 Å². The molecule has 0 unspecified atom stereocenters. The molecule has 0 atom stereocenters. The van der Waals surface area contributed by atoms with Crippen LogP contribution in [0.25, 0.3) is 10.9 Å². The molecule has 0 amide bonds. The first-order valence-electron chi connectivity index (χ1n) is 5.15. The van der Waals surface area contributed by atoms with Gasteiger partial charge in [0.25, 0.3) is 0 Å². The Hall–Kier alpha value is -1.28. The van der Waals surface area contributed by atoms with E-state index in [0.29, 0.717) is 11.1 Å². The molecule has 1 fully saturated rings. The lowest BCUT2D eigenvalue weighted by atomic mass is 10.2. The minimum Gasteiger partial charge on any atom is -0.367 e. The molecule has 3 heteroatoms. The predicted molar refractivity (Wildman–Crippen MR) is 63.4 cm³/mol. The average molecular weight is 219 g/mol. The molecule has 3 rings (SSSR count). The summed E-state index contributed by atoms with van der Waals surface area (Å²) in [5.74, 6) is 0.929. The minimum absolute atomic E-state index is 0.623. The van der Waals surface area contributed by atoms with E-state index in [9.17, 15) is 0 Å². The van der Waals surface area contributed by atoms with Crippen LogP contribution in [0.5, 0.6) is 0 Å². The predicted octanol–water partition coefficient (Wildman–Crippen LogP) is 3.46. The van der Waals surface area contributed by atoms with Gasteiger partial charge in [0.15, 0.2) is 0 Å². The molecule has 0 aliphatic heterocycles. The zero-order chi connectivity index (χ0) is 10.3. The first kappa shape index (κ1) is 8.98. The van der Waals surface area contributed by atoms with Crippen LogP contribution in [0.15, 0.2) is 30.3 Å². The van der Waals surface area contributed by atoms with Crippen LogP contribution < -0.4 is 5.32 Å². The number of pyridine rings is 1. The molecular formula is C12H11ClN2. The van der Waals surface area contributed by atoms with Gasteiger partial charge in [0.2, 0.25) is 0 Å². The molecule has 2 aromatic rings. The Balaban J connectivity index is 2.07. The number of fused-ring (bicyclic) bond motifs is 1. The van der Waals surface area contributed by atoms with E-state index in [2.05, 4.69) is 16.4 Å². The quantitative estimate of drug-likeness (QED) is 0.835. The molecule has 1 N–H and O–H groups in total. The van der Waals surface area contributed by atoms with Crippen molar-refractivity contribution in [3.8, 4) is 0 Å². The number of para-hydroxylation sites is 1. The molecule has 0 radical (unpaired) electrons. The number of nitrogens with one attached hydrogen (secondary N) is 1. The summed E-state index contributed by atoms with van der Waals surface area (Å²) in [4.78, 5) is 4.51. The molecule has 2 nitrogen and oxygen atoms in total. The van der Waals surface area contributed by atoms with Crippen molar-refractivity contribution in [3.63, 3.8) is 0 Å². The van der Waals surface area contributed by atoms with Crippen molar-refractivity contribution >= 4 is 28.3 Å². The Morgan fingerprint density at radius 3 is 2.87 bits per heavy atom. The maximum atomic E-state index is 6.09. The number of aromatic nitrogens is 1. The van der Waals surface area contributed by atoms with E-state index in [-0.39, 0.29) is 0 Å². The molecule has 0 bridgehead atoms. The molecule has 0 spiro atoms. The number of hydrogen-bond donors (Lipinski definition) is 1. The Bertz CT molecular complexity index is 506. The molecule has 1 aromatic carbocycles. The number of benzene rings is 1. The lowest BCUT2D eigenvalue weighted by Gasteiger charge is -2.05. The summed E-state index contributed by atoms with van der Waals surface area (Å²) in [6.45, 7) is 0. The minimum atomic E-state index is 0.623. The third-order valence-electron chi connectivity index (χ3n) is 2.60. The van der Waals surface area contributed by atoms with Crippen molar-refractivity contribution < 1.29 is 0 Å². The van der Waals surface area contributed by atoms with E-state index in [1.54, 1.807) is 0 Å². The number of halogens is 1. The summed E-state index contributed by atoms with van der Waals surface area (Å²) in [6.07, 6.45) is 2.50. The van der Waals surface area contributed by atoms with Crippen LogP contribution in [0.1, 0.15) is 12.8 Å². The van der Waals surface area contributed by atoms with Gasteiger partial charge >= 0.3 is 0 Å². The first-order valence-corrected chi connectivity index (χ1v) is 5.52. The van der Waals surface area contributed by atoms with Crippen LogP contribution in [0.4, 0.5) is 5.82 Å². The molecule has 0 saturated heterocycles. The van der Waals surface area contributed by atoms with Gasteiger partial charge in [-0.2, -0.15) is 0 Å².